The van der Waals surface area contributed by atoms with Gasteiger partial charge in [0.05, 0.1) is 18.0 Å². The first kappa shape index (κ1) is 14.2. The average Bonchev–Trinajstić information content (AvgIpc) is 2.97. The third-order valence-electron chi connectivity index (χ3n) is 3.97. The first-order chi connectivity index (χ1) is 9.06. The molecule has 0 aromatic carbocycles. The lowest BCUT2D eigenvalue weighted by atomic mass is 10.2. The molecule has 0 bridgehead atoms. The molecule has 1 fully saturated rings. The van der Waals surface area contributed by atoms with Crippen molar-refractivity contribution in [3.8, 4) is 0 Å². The van der Waals surface area contributed by atoms with Gasteiger partial charge in [-0.3, -0.25) is 0 Å². The van der Waals surface area contributed by atoms with Crippen LogP contribution in [-0.4, -0.2) is 34.1 Å². The van der Waals surface area contributed by atoms with Gasteiger partial charge in [0.25, 0.3) is 0 Å². The number of hydrogen-bond donors (Lipinski definition) is 2. The molecule has 19 heavy (non-hydrogen) atoms. The van der Waals surface area contributed by atoms with Gasteiger partial charge in [-0.25, -0.2) is 4.68 Å². The Balaban J connectivity index is 2.39. The van der Waals surface area contributed by atoms with Crippen LogP contribution in [-0.2, 0) is 0 Å². The molecule has 1 aliphatic rings. The number of aryl methyl sites for hydroxylation is 1. The van der Waals surface area contributed by atoms with Crippen molar-refractivity contribution in [2.75, 3.05) is 23.8 Å². The largest absolute Gasteiger partial charge is 0.395 e. The molecule has 0 saturated heterocycles. The second-order valence-corrected chi connectivity index (χ2v) is 5.72. The van der Waals surface area contributed by atoms with Gasteiger partial charge in [0.15, 0.2) is 5.82 Å². The topological polar surface area (TPSA) is 67.3 Å². The van der Waals surface area contributed by atoms with Crippen molar-refractivity contribution >= 4 is 11.5 Å². The minimum absolute atomic E-state index is 0.151. The number of hydrogen-bond acceptors (Lipinski definition) is 4. The molecule has 3 N–H and O–H groups in total. The number of nitrogen functional groups attached to an aromatic ring is 1. The summed E-state index contributed by atoms with van der Waals surface area (Å²) >= 11 is 0. The molecule has 1 aliphatic carbocycles. The fourth-order valence-corrected chi connectivity index (χ4v) is 2.98. The molecule has 108 valence electrons. The maximum atomic E-state index is 9.37. The van der Waals surface area contributed by atoms with Gasteiger partial charge in [0.2, 0.25) is 0 Å². The average molecular weight is 266 g/mol. The smallest absolute Gasteiger partial charge is 0.151 e. The zero-order valence-corrected chi connectivity index (χ0v) is 12.3. The van der Waals surface area contributed by atoms with Crippen LogP contribution in [0.25, 0.3) is 0 Å². The molecule has 0 aliphatic heterocycles. The van der Waals surface area contributed by atoms with E-state index in [1.165, 1.54) is 25.7 Å². The van der Waals surface area contributed by atoms with Crippen molar-refractivity contribution in [3.63, 3.8) is 0 Å². The summed E-state index contributed by atoms with van der Waals surface area (Å²) in [6, 6.07) is 0.761. The summed E-state index contributed by atoms with van der Waals surface area (Å²) in [7, 11) is 0. The molecule has 1 saturated carbocycles. The predicted molar refractivity (Wildman–Crippen MR) is 78.4 cm³/mol. The summed E-state index contributed by atoms with van der Waals surface area (Å²) in [5.74, 6) is 0.994. The highest BCUT2D eigenvalue weighted by atomic mass is 16.3. The Morgan fingerprint density at radius 1 is 1.42 bits per heavy atom. The normalized spacial score (nSPS) is 16.5. The lowest BCUT2D eigenvalue weighted by molar-refractivity contribution is 0.295. The summed E-state index contributed by atoms with van der Waals surface area (Å²) in [6.07, 6.45) is 4.89. The van der Waals surface area contributed by atoms with Crippen molar-refractivity contribution in [2.24, 2.45) is 0 Å². The van der Waals surface area contributed by atoms with Gasteiger partial charge in [0, 0.05) is 18.6 Å². The van der Waals surface area contributed by atoms with Crippen LogP contribution in [0, 0.1) is 6.92 Å². The fraction of sp³-hybridized carbons (Fsp3) is 0.786. The Kier molecular flexibility index (Phi) is 4.34. The second-order valence-electron chi connectivity index (χ2n) is 5.72. The maximum Gasteiger partial charge on any atom is 0.151 e. The van der Waals surface area contributed by atoms with Crippen molar-refractivity contribution in [3.05, 3.63) is 5.69 Å². The molecule has 0 radical (unpaired) electrons. The third-order valence-corrected chi connectivity index (χ3v) is 3.97. The minimum Gasteiger partial charge on any atom is -0.395 e. The summed E-state index contributed by atoms with van der Waals surface area (Å²) in [5, 5.41) is 13.9. The number of aliphatic hydroxyl groups excluding tert-OH is 1. The summed E-state index contributed by atoms with van der Waals surface area (Å²) in [5.41, 5.74) is 7.87. The number of aliphatic hydroxyl groups is 1. The molecule has 0 atom stereocenters. The van der Waals surface area contributed by atoms with E-state index in [0.717, 1.165) is 17.2 Å². The highest BCUT2D eigenvalue weighted by Gasteiger charge is 2.28. The summed E-state index contributed by atoms with van der Waals surface area (Å²) in [4.78, 5) is 2.27. The molecule has 5 nitrogen and oxygen atoms in total. The SMILES string of the molecule is Cc1nn(C(C)C)c(N(CCO)C2CCCC2)c1N. The highest BCUT2D eigenvalue weighted by Crippen LogP contribution is 2.34. The van der Waals surface area contributed by atoms with Crippen LogP contribution in [0.1, 0.15) is 51.3 Å². The summed E-state index contributed by atoms with van der Waals surface area (Å²) < 4.78 is 2.00. The van der Waals surface area contributed by atoms with Gasteiger partial charge in [-0.2, -0.15) is 5.10 Å². The van der Waals surface area contributed by atoms with Gasteiger partial charge >= 0.3 is 0 Å². The molecule has 2 rings (SSSR count). The Hall–Kier alpha value is -1.23. The van der Waals surface area contributed by atoms with Crippen LogP contribution in [0.3, 0.4) is 0 Å². The molecule has 1 aromatic rings. The Morgan fingerprint density at radius 3 is 2.58 bits per heavy atom. The van der Waals surface area contributed by atoms with E-state index < -0.39 is 0 Å². The lowest BCUT2D eigenvalue weighted by Crippen LogP contribution is -2.38. The Bertz CT molecular complexity index is 421. The van der Waals surface area contributed by atoms with Crippen LogP contribution >= 0.6 is 0 Å². The van der Waals surface area contributed by atoms with Crippen LogP contribution in [0.15, 0.2) is 0 Å². The molecular formula is C14H26N4O. The molecule has 0 unspecified atom stereocenters. The quantitative estimate of drug-likeness (QED) is 0.856. The molecule has 1 aromatic heterocycles. The minimum atomic E-state index is 0.151. The van der Waals surface area contributed by atoms with Crippen molar-refractivity contribution in [2.45, 2.75) is 58.5 Å². The van der Waals surface area contributed by atoms with E-state index in [-0.39, 0.29) is 12.6 Å². The number of aromatic nitrogens is 2. The van der Waals surface area contributed by atoms with E-state index >= 15 is 0 Å². The van der Waals surface area contributed by atoms with E-state index in [9.17, 15) is 5.11 Å². The van der Waals surface area contributed by atoms with Crippen LogP contribution < -0.4 is 10.6 Å². The van der Waals surface area contributed by atoms with E-state index in [0.29, 0.717) is 12.6 Å². The zero-order valence-electron chi connectivity index (χ0n) is 12.3. The number of nitrogens with zero attached hydrogens (tertiary/aromatic N) is 3. The molecular weight excluding hydrogens is 240 g/mol. The number of nitrogens with two attached hydrogens (primary N) is 1. The van der Waals surface area contributed by atoms with Gasteiger partial charge in [0.1, 0.15) is 0 Å². The lowest BCUT2D eigenvalue weighted by Gasteiger charge is -2.32. The van der Waals surface area contributed by atoms with E-state index in [2.05, 4.69) is 23.8 Å². The second kappa shape index (κ2) is 5.82. The number of anilines is 2. The standard InChI is InChI=1S/C14H26N4O/c1-10(2)18-14(13(15)11(3)16-18)17(8-9-19)12-6-4-5-7-12/h10,12,19H,4-9,15H2,1-3H3. The highest BCUT2D eigenvalue weighted by molar-refractivity contribution is 5.67. The van der Waals surface area contributed by atoms with Crippen LogP contribution in [0.2, 0.25) is 0 Å². The molecule has 1 heterocycles. The third kappa shape index (κ3) is 2.71. The molecule has 5 heteroatoms. The van der Waals surface area contributed by atoms with E-state index in [1.54, 1.807) is 0 Å². The fourth-order valence-electron chi connectivity index (χ4n) is 2.98. The first-order valence-corrected chi connectivity index (χ1v) is 7.28. The maximum absolute atomic E-state index is 9.37. The monoisotopic (exact) mass is 266 g/mol. The van der Waals surface area contributed by atoms with E-state index in [4.69, 9.17) is 5.73 Å². The molecule has 0 amide bonds. The van der Waals surface area contributed by atoms with Crippen molar-refractivity contribution in [1.82, 2.24) is 9.78 Å². The van der Waals surface area contributed by atoms with E-state index in [1.807, 2.05) is 11.6 Å². The Labute approximate surface area is 115 Å². The van der Waals surface area contributed by atoms with Crippen LogP contribution in [0.4, 0.5) is 11.5 Å². The van der Waals surface area contributed by atoms with Gasteiger partial charge < -0.3 is 15.7 Å². The van der Waals surface area contributed by atoms with Crippen LogP contribution in [0.5, 0.6) is 0 Å². The van der Waals surface area contributed by atoms with Gasteiger partial charge in [-0.1, -0.05) is 12.8 Å². The van der Waals surface area contributed by atoms with Crippen molar-refractivity contribution in [1.29, 1.82) is 0 Å². The summed E-state index contributed by atoms with van der Waals surface area (Å²) in [6.45, 7) is 6.96. The van der Waals surface area contributed by atoms with Crippen molar-refractivity contribution < 1.29 is 5.11 Å². The van der Waals surface area contributed by atoms with Gasteiger partial charge in [-0.05, 0) is 33.6 Å². The van der Waals surface area contributed by atoms with Gasteiger partial charge in [-0.15, -0.1) is 0 Å². The predicted octanol–water partition coefficient (Wildman–Crippen LogP) is 2.10. The zero-order chi connectivity index (χ0) is 14.0. The first-order valence-electron chi connectivity index (χ1n) is 7.28. The molecule has 0 spiro atoms. The number of rotatable bonds is 5. The Morgan fingerprint density at radius 2 is 2.05 bits per heavy atom.